The molecule has 0 bridgehead atoms. The van der Waals surface area contributed by atoms with E-state index in [2.05, 4.69) is 19.3 Å². The van der Waals surface area contributed by atoms with Crippen LogP contribution in [0.4, 0.5) is 0 Å². The summed E-state index contributed by atoms with van der Waals surface area (Å²) in [5, 5.41) is 0. The molecule has 3 rings (SSSR count). The van der Waals surface area contributed by atoms with Gasteiger partial charge in [-0.15, -0.1) is 0 Å². The molecule has 0 N–H and O–H groups in total. The Bertz CT molecular complexity index is 431. The van der Waals surface area contributed by atoms with Crippen LogP contribution in [0.5, 0.6) is 0 Å². The Labute approximate surface area is 134 Å². The molecule has 122 valence electrons. The molecule has 0 unspecified atom stereocenters. The van der Waals surface area contributed by atoms with Gasteiger partial charge >= 0.3 is 0 Å². The zero-order valence-corrected chi connectivity index (χ0v) is 14.0. The summed E-state index contributed by atoms with van der Waals surface area (Å²) in [5.74, 6) is 2.34. The van der Waals surface area contributed by atoms with E-state index in [4.69, 9.17) is 14.7 Å². The monoisotopic (exact) mass is 302 g/mol. The maximum atomic E-state index is 5.88. The highest BCUT2D eigenvalue weighted by Crippen LogP contribution is 2.35. The maximum absolute atomic E-state index is 5.88. The van der Waals surface area contributed by atoms with Crippen molar-refractivity contribution in [1.82, 2.24) is 9.97 Å². The van der Waals surface area contributed by atoms with E-state index in [1.165, 1.54) is 63.4 Å². The number of hydrogen-bond acceptors (Lipinski definition) is 3. The minimum absolute atomic E-state index is 0.485. The van der Waals surface area contributed by atoms with Crippen molar-refractivity contribution in [2.24, 2.45) is 0 Å². The second kappa shape index (κ2) is 8.05. The third-order valence-corrected chi connectivity index (χ3v) is 5.37. The van der Waals surface area contributed by atoms with Crippen LogP contribution in [0, 0.1) is 0 Å². The van der Waals surface area contributed by atoms with Crippen LogP contribution in [0.25, 0.3) is 0 Å². The average Bonchev–Trinajstić information content (AvgIpc) is 2.61. The zero-order valence-electron chi connectivity index (χ0n) is 14.0. The molecule has 22 heavy (non-hydrogen) atoms. The van der Waals surface area contributed by atoms with Crippen molar-refractivity contribution >= 4 is 0 Å². The third-order valence-electron chi connectivity index (χ3n) is 5.37. The minimum atomic E-state index is 0.485. The molecule has 2 fully saturated rings. The Morgan fingerprint density at radius 1 is 0.909 bits per heavy atom. The van der Waals surface area contributed by atoms with Crippen LogP contribution in [0.2, 0.25) is 0 Å². The average molecular weight is 302 g/mol. The van der Waals surface area contributed by atoms with Gasteiger partial charge in [0.1, 0.15) is 5.82 Å². The fourth-order valence-electron chi connectivity index (χ4n) is 3.98. The number of ether oxygens (including phenoxy) is 1. The van der Waals surface area contributed by atoms with Crippen LogP contribution < -0.4 is 0 Å². The van der Waals surface area contributed by atoms with Crippen LogP contribution in [-0.4, -0.2) is 22.7 Å². The quantitative estimate of drug-likeness (QED) is 0.769. The zero-order chi connectivity index (χ0) is 15.2. The van der Waals surface area contributed by atoms with E-state index in [1.807, 2.05) is 0 Å². The summed E-state index contributed by atoms with van der Waals surface area (Å²) < 4.78 is 5.88. The van der Waals surface area contributed by atoms with Crippen molar-refractivity contribution in [3.8, 4) is 0 Å². The molecule has 0 aliphatic heterocycles. The van der Waals surface area contributed by atoms with Gasteiger partial charge in [-0.25, -0.2) is 9.97 Å². The van der Waals surface area contributed by atoms with Gasteiger partial charge in [0.25, 0.3) is 0 Å². The van der Waals surface area contributed by atoms with Gasteiger partial charge in [-0.3, -0.25) is 0 Å². The first-order valence-electron chi connectivity index (χ1n) is 9.30. The maximum Gasteiger partial charge on any atom is 0.131 e. The molecule has 1 aromatic rings. The lowest BCUT2D eigenvalue weighted by molar-refractivity contribution is 0.0251. The molecular weight excluding hydrogens is 272 g/mol. The largest absolute Gasteiger partial charge is 0.378 e. The van der Waals surface area contributed by atoms with Crippen LogP contribution >= 0.6 is 0 Å². The van der Waals surface area contributed by atoms with E-state index >= 15 is 0 Å². The molecule has 0 saturated heterocycles. The molecular formula is C19H30N2O. The van der Waals surface area contributed by atoms with E-state index in [0.717, 1.165) is 18.9 Å². The first-order valence-corrected chi connectivity index (χ1v) is 9.30. The Hall–Kier alpha value is -0.960. The first-order chi connectivity index (χ1) is 10.9. The highest BCUT2D eigenvalue weighted by molar-refractivity contribution is 5.14. The van der Waals surface area contributed by atoms with Gasteiger partial charge in [0.2, 0.25) is 0 Å². The molecule has 3 heteroatoms. The van der Waals surface area contributed by atoms with Crippen molar-refractivity contribution in [2.45, 2.75) is 89.1 Å². The molecule has 2 saturated carbocycles. The standard InChI is InChI=1S/C19H30N2O/c1-2-12-22-18-10-8-15(9-11-18)17-13-20-19(21-14-17)16-6-4-3-5-7-16/h13-16,18H,2-12H2,1H3/t15-,18-. The summed E-state index contributed by atoms with van der Waals surface area (Å²) >= 11 is 0. The summed E-state index contributed by atoms with van der Waals surface area (Å²) in [7, 11) is 0. The van der Waals surface area contributed by atoms with Crippen molar-refractivity contribution in [3.05, 3.63) is 23.8 Å². The topological polar surface area (TPSA) is 35.0 Å². The van der Waals surface area contributed by atoms with E-state index < -0.39 is 0 Å². The normalized spacial score (nSPS) is 27.0. The summed E-state index contributed by atoms with van der Waals surface area (Å²) in [6.45, 7) is 3.09. The molecule has 0 spiro atoms. The van der Waals surface area contributed by atoms with Crippen molar-refractivity contribution in [3.63, 3.8) is 0 Å². The SMILES string of the molecule is CCCO[C@H]1CC[C@H](c2cnc(C3CCCCC3)nc2)CC1. The highest BCUT2D eigenvalue weighted by atomic mass is 16.5. The van der Waals surface area contributed by atoms with Gasteiger partial charge in [0.15, 0.2) is 0 Å². The summed E-state index contributed by atoms with van der Waals surface area (Å²) in [4.78, 5) is 9.41. The lowest BCUT2D eigenvalue weighted by Gasteiger charge is -2.28. The van der Waals surface area contributed by atoms with E-state index in [0.29, 0.717) is 17.9 Å². The van der Waals surface area contributed by atoms with E-state index in [-0.39, 0.29) is 0 Å². The Morgan fingerprint density at radius 2 is 1.59 bits per heavy atom. The number of hydrogen-bond donors (Lipinski definition) is 0. The second-order valence-electron chi connectivity index (χ2n) is 7.05. The molecule has 3 nitrogen and oxygen atoms in total. The molecule has 0 amide bonds. The third kappa shape index (κ3) is 4.07. The first kappa shape index (κ1) is 15.9. The Balaban J connectivity index is 1.52. The summed E-state index contributed by atoms with van der Waals surface area (Å²) in [6.07, 6.45) is 17.3. The highest BCUT2D eigenvalue weighted by Gasteiger charge is 2.24. The number of rotatable bonds is 5. The van der Waals surface area contributed by atoms with E-state index in [9.17, 15) is 0 Å². The number of nitrogens with zero attached hydrogens (tertiary/aromatic N) is 2. The molecule has 2 aliphatic carbocycles. The number of aromatic nitrogens is 2. The van der Waals surface area contributed by atoms with Crippen LogP contribution in [0.1, 0.15) is 94.4 Å². The predicted octanol–water partition coefficient (Wildman–Crippen LogP) is 4.98. The van der Waals surface area contributed by atoms with Gasteiger partial charge in [0, 0.05) is 24.9 Å². The predicted molar refractivity (Wildman–Crippen MR) is 89.1 cm³/mol. The van der Waals surface area contributed by atoms with Crippen molar-refractivity contribution in [1.29, 1.82) is 0 Å². The molecule has 2 aliphatic rings. The van der Waals surface area contributed by atoms with E-state index in [1.54, 1.807) is 0 Å². The molecule has 0 aromatic carbocycles. The van der Waals surface area contributed by atoms with Gasteiger partial charge in [-0.2, -0.15) is 0 Å². The fraction of sp³-hybridized carbons (Fsp3) is 0.789. The molecule has 0 radical (unpaired) electrons. The van der Waals surface area contributed by atoms with Crippen molar-refractivity contribution < 1.29 is 4.74 Å². The van der Waals surface area contributed by atoms with Gasteiger partial charge in [-0.1, -0.05) is 26.2 Å². The lowest BCUT2D eigenvalue weighted by atomic mass is 9.83. The van der Waals surface area contributed by atoms with Crippen LogP contribution in [0.3, 0.4) is 0 Å². The fourth-order valence-corrected chi connectivity index (χ4v) is 3.98. The van der Waals surface area contributed by atoms with Crippen molar-refractivity contribution in [2.75, 3.05) is 6.61 Å². The smallest absolute Gasteiger partial charge is 0.131 e. The molecule has 0 atom stereocenters. The second-order valence-corrected chi connectivity index (χ2v) is 7.05. The van der Waals surface area contributed by atoms with Crippen LogP contribution in [-0.2, 0) is 4.74 Å². The Morgan fingerprint density at radius 3 is 2.23 bits per heavy atom. The van der Waals surface area contributed by atoms with Gasteiger partial charge in [0.05, 0.1) is 6.10 Å². The summed E-state index contributed by atoms with van der Waals surface area (Å²) in [6, 6.07) is 0. The van der Waals surface area contributed by atoms with Gasteiger partial charge in [-0.05, 0) is 56.4 Å². The molecule has 1 aromatic heterocycles. The molecule has 1 heterocycles. The minimum Gasteiger partial charge on any atom is -0.378 e. The summed E-state index contributed by atoms with van der Waals surface area (Å²) in [5.41, 5.74) is 1.34. The Kier molecular flexibility index (Phi) is 5.82. The van der Waals surface area contributed by atoms with Gasteiger partial charge < -0.3 is 4.74 Å². The lowest BCUT2D eigenvalue weighted by Crippen LogP contribution is -2.21. The van der Waals surface area contributed by atoms with Crippen LogP contribution in [0.15, 0.2) is 12.4 Å².